The van der Waals surface area contributed by atoms with Crippen LogP contribution in [-0.4, -0.2) is 39.3 Å². The summed E-state index contributed by atoms with van der Waals surface area (Å²) in [5.74, 6) is 0. The summed E-state index contributed by atoms with van der Waals surface area (Å²) in [5.41, 5.74) is 0. The number of nitrogens with one attached hydrogen (secondary N) is 3. The van der Waals surface area contributed by atoms with E-state index in [1.807, 2.05) is 7.05 Å². The van der Waals surface area contributed by atoms with E-state index in [2.05, 4.69) is 16.0 Å². The smallest absolute Gasteiger partial charge is 0.0205 e. The highest BCUT2D eigenvalue weighted by molar-refractivity contribution is 4.76. The van der Waals surface area contributed by atoms with Gasteiger partial charge in [-0.05, 0) is 20.0 Å². The van der Waals surface area contributed by atoms with Crippen LogP contribution >= 0.6 is 0 Å². The summed E-state index contributed by atoms with van der Waals surface area (Å²) in [5, 5.41) is 9.88. The van der Waals surface area contributed by atoms with Crippen LogP contribution in [0.15, 0.2) is 0 Å². The number of hydrogen-bond donors (Lipinski definition) is 3. The van der Waals surface area contributed by atoms with Gasteiger partial charge < -0.3 is 16.0 Å². The van der Waals surface area contributed by atoms with Crippen molar-refractivity contribution in [2.45, 2.75) is 12.5 Å². The predicted molar refractivity (Wildman–Crippen MR) is 43.2 cm³/mol. The molecule has 0 radical (unpaired) electrons. The fourth-order valence-electron chi connectivity index (χ4n) is 1.23. The molecule has 3 heteroatoms. The topological polar surface area (TPSA) is 36.1 Å². The third-order valence-corrected chi connectivity index (χ3v) is 1.87. The molecule has 0 aromatic rings. The van der Waals surface area contributed by atoms with E-state index in [9.17, 15) is 0 Å². The van der Waals surface area contributed by atoms with Crippen LogP contribution in [0.4, 0.5) is 0 Å². The molecule has 10 heavy (non-hydrogen) atoms. The van der Waals surface area contributed by atoms with E-state index in [1.54, 1.807) is 0 Å². The summed E-state index contributed by atoms with van der Waals surface area (Å²) in [6.07, 6.45) is 1.28. The van der Waals surface area contributed by atoms with Crippen molar-refractivity contribution in [3.63, 3.8) is 0 Å². The Morgan fingerprint density at radius 1 is 1.50 bits per heavy atom. The van der Waals surface area contributed by atoms with Crippen molar-refractivity contribution in [1.82, 2.24) is 16.0 Å². The van der Waals surface area contributed by atoms with Crippen molar-refractivity contribution in [2.24, 2.45) is 0 Å². The highest BCUT2D eigenvalue weighted by atomic mass is 15.0. The molecule has 1 fully saturated rings. The molecule has 1 aliphatic rings. The van der Waals surface area contributed by atoms with Crippen molar-refractivity contribution < 1.29 is 0 Å². The van der Waals surface area contributed by atoms with Crippen LogP contribution in [0.2, 0.25) is 0 Å². The van der Waals surface area contributed by atoms with Gasteiger partial charge in [-0.15, -0.1) is 0 Å². The molecule has 0 spiro atoms. The zero-order chi connectivity index (χ0) is 7.23. The average molecular weight is 143 g/mol. The lowest BCUT2D eigenvalue weighted by molar-refractivity contribution is 0.539. The van der Waals surface area contributed by atoms with Crippen molar-refractivity contribution in [3.05, 3.63) is 0 Å². The summed E-state index contributed by atoms with van der Waals surface area (Å²) in [4.78, 5) is 0. The van der Waals surface area contributed by atoms with Gasteiger partial charge in [-0.25, -0.2) is 0 Å². The summed E-state index contributed by atoms with van der Waals surface area (Å²) in [6, 6.07) is 0.716. The van der Waals surface area contributed by atoms with Crippen molar-refractivity contribution in [1.29, 1.82) is 0 Å². The first-order chi connectivity index (χ1) is 4.93. The summed E-state index contributed by atoms with van der Waals surface area (Å²) >= 11 is 0. The van der Waals surface area contributed by atoms with Crippen LogP contribution in [-0.2, 0) is 0 Å². The van der Waals surface area contributed by atoms with Gasteiger partial charge in [-0.3, -0.25) is 0 Å². The Morgan fingerprint density at radius 3 is 3.00 bits per heavy atom. The van der Waals surface area contributed by atoms with E-state index in [1.165, 1.54) is 13.0 Å². The Balaban J connectivity index is 1.91. The third kappa shape index (κ3) is 2.64. The minimum atomic E-state index is 0.716. The Bertz CT molecular complexity index is 78.9. The molecule has 1 aliphatic heterocycles. The summed E-state index contributed by atoms with van der Waals surface area (Å²) < 4.78 is 0. The minimum Gasteiger partial charge on any atom is -0.318 e. The molecule has 1 heterocycles. The normalized spacial score (nSPS) is 25.5. The van der Waals surface area contributed by atoms with Crippen LogP contribution in [0.25, 0.3) is 0 Å². The summed E-state index contributed by atoms with van der Waals surface area (Å²) in [6.45, 7) is 4.47. The molecule has 3 nitrogen and oxygen atoms in total. The monoisotopic (exact) mass is 143 g/mol. The maximum atomic E-state index is 3.46. The van der Waals surface area contributed by atoms with E-state index < -0.39 is 0 Å². The first-order valence-electron chi connectivity index (χ1n) is 4.02. The zero-order valence-electron chi connectivity index (χ0n) is 6.61. The molecule has 1 rings (SSSR count). The molecule has 0 aliphatic carbocycles. The van der Waals surface area contributed by atoms with E-state index in [4.69, 9.17) is 0 Å². The quantitative estimate of drug-likeness (QED) is 0.449. The second kappa shape index (κ2) is 4.66. The number of rotatable bonds is 4. The second-order valence-electron chi connectivity index (χ2n) is 2.75. The lowest BCUT2D eigenvalue weighted by Gasteiger charge is -2.09. The molecule has 0 bridgehead atoms. The van der Waals surface area contributed by atoms with E-state index in [0.717, 1.165) is 19.6 Å². The Labute approximate surface area is 62.6 Å². The molecule has 0 saturated carbocycles. The highest BCUT2D eigenvalue weighted by Gasteiger charge is 2.11. The van der Waals surface area contributed by atoms with Crippen LogP contribution in [0, 0.1) is 0 Å². The maximum absolute atomic E-state index is 3.46. The van der Waals surface area contributed by atoms with Gasteiger partial charge in [0.25, 0.3) is 0 Å². The van der Waals surface area contributed by atoms with Gasteiger partial charge in [-0.1, -0.05) is 0 Å². The van der Waals surface area contributed by atoms with Crippen LogP contribution < -0.4 is 16.0 Å². The van der Waals surface area contributed by atoms with Gasteiger partial charge in [0, 0.05) is 25.7 Å². The van der Waals surface area contributed by atoms with Crippen molar-refractivity contribution in [3.8, 4) is 0 Å². The minimum absolute atomic E-state index is 0.716. The number of hydrogen-bond acceptors (Lipinski definition) is 3. The number of likely N-dealkylation sites (N-methyl/N-ethyl adjacent to an activating group) is 1. The molecule has 3 N–H and O–H groups in total. The Hall–Kier alpha value is -0.120. The first-order valence-corrected chi connectivity index (χ1v) is 4.02. The molecule has 60 valence electrons. The molecule has 0 aromatic carbocycles. The van der Waals surface area contributed by atoms with Gasteiger partial charge >= 0.3 is 0 Å². The lowest BCUT2D eigenvalue weighted by atomic mass is 10.2. The molecule has 0 aromatic heterocycles. The van der Waals surface area contributed by atoms with Crippen LogP contribution in [0.5, 0.6) is 0 Å². The fraction of sp³-hybridized carbons (Fsp3) is 1.00. The summed E-state index contributed by atoms with van der Waals surface area (Å²) in [7, 11) is 1.98. The molecule has 1 saturated heterocycles. The van der Waals surface area contributed by atoms with Crippen LogP contribution in [0.1, 0.15) is 6.42 Å². The van der Waals surface area contributed by atoms with Gasteiger partial charge in [0.2, 0.25) is 0 Å². The largest absolute Gasteiger partial charge is 0.318 e. The molecular weight excluding hydrogens is 126 g/mol. The predicted octanol–water partition coefficient (Wildman–Crippen LogP) is -0.843. The van der Waals surface area contributed by atoms with Gasteiger partial charge in [-0.2, -0.15) is 0 Å². The third-order valence-electron chi connectivity index (χ3n) is 1.87. The fourth-order valence-corrected chi connectivity index (χ4v) is 1.23. The Kier molecular flexibility index (Phi) is 3.72. The van der Waals surface area contributed by atoms with Crippen molar-refractivity contribution in [2.75, 3.05) is 33.2 Å². The van der Waals surface area contributed by atoms with E-state index in [0.29, 0.717) is 6.04 Å². The molecule has 1 atom stereocenters. The van der Waals surface area contributed by atoms with Gasteiger partial charge in [0.05, 0.1) is 0 Å². The molecule has 0 amide bonds. The zero-order valence-corrected chi connectivity index (χ0v) is 6.61. The SMILES string of the molecule is CNCCN[C@@H]1CCNC1. The first kappa shape index (κ1) is 7.98. The van der Waals surface area contributed by atoms with E-state index >= 15 is 0 Å². The highest BCUT2D eigenvalue weighted by Crippen LogP contribution is 1.94. The van der Waals surface area contributed by atoms with Gasteiger partial charge in [0.1, 0.15) is 0 Å². The molecule has 0 unspecified atom stereocenters. The van der Waals surface area contributed by atoms with Gasteiger partial charge in [0.15, 0.2) is 0 Å². The van der Waals surface area contributed by atoms with Crippen molar-refractivity contribution >= 4 is 0 Å². The van der Waals surface area contributed by atoms with E-state index in [-0.39, 0.29) is 0 Å². The maximum Gasteiger partial charge on any atom is 0.0205 e. The lowest BCUT2D eigenvalue weighted by Crippen LogP contribution is -2.35. The average Bonchev–Trinajstić information content (AvgIpc) is 2.41. The Morgan fingerprint density at radius 2 is 2.40 bits per heavy atom. The molecular formula is C7H17N3. The second-order valence-corrected chi connectivity index (χ2v) is 2.75. The van der Waals surface area contributed by atoms with Crippen LogP contribution in [0.3, 0.4) is 0 Å². The standard InChI is InChI=1S/C7H17N3/c1-8-4-5-10-7-2-3-9-6-7/h7-10H,2-6H2,1H3/t7-/m1/s1.